The lowest BCUT2D eigenvalue weighted by atomic mass is 10.1. The molecule has 0 unspecified atom stereocenters. The van der Waals surface area contributed by atoms with E-state index in [0.717, 1.165) is 24.1 Å². The molecule has 2 N–H and O–H groups in total. The van der Waals surface area contributed by atoms with Gasteiger partial charge < -0.3 is 10.6 Å². The van der Waals surface area contributed by atoms with Crippen molar-refractivity contribution in [1.29, 1.82) is 0 Å². The van der Waals surface area contributed by atoms with E-state index in [4.69, 9.17) is 0 Å². The SMILES string of the molecule is CC[C@H](C)Nc1nc(Nc2ccc(F)c([N+](=O)[O-])c2)cc(-c2ccccc2)n1. The number of nitrogens with one attached hydrogen (secondary N) is 2. The quantitative estimate of drug-likeness (QED) is 0.434. The number of halogens is 1. The summed E-state index contributed by atoms with van der Waals surface area (Å²) in [5.74, 6) is -0.00212. The summed E-state index contributed by atoms with van der Waals surface area (Å²) in [6.07, 6.45) is 0.895. The Hall–Kier alpha value is -3.55. The fourth-order valence-electron chi connectivity index (χ4n) is 2.53. The molecule has 1 heterocycles. The van der Waals surface area contributed by atoms with Gasteiger partial charge in [0.2, 0.25) is 11.8 Å². The van der Waals surface area contributed by atoms with E-state index in [1.807, 2.05) is 37.3 Å². The van der Waals surface area contributed by atoms with Crippen LogP contribution in [0.2, 0.25) is 0 Å². The van der Waals surface area contributed by atoms with Gasteiger partial charge >= 0.3 is 5.69 Å². The van der Waals surface area contributed by atoms with Gasteiger partial charge in [-0.1, -0.05) is 37.3 Å². The van der Waals surface area contributed by atoms with Crippen LogP contribution in [0.25, 0.3) is 11.3 Å². The Morgan fingerprint density at radius 2 is 1.89 bits per heavy atom. The van der Waals surface area contributed by atoms with Crippen LogP contribution in [0.5, 0.6) is 0 Å². The van der Waals surface area contributed by atoms with Crippen molar-refractivity contribution in [2.45, 2.75) is 26.3 Å². The van der Waals surface area contributed by atoms with Crippen molar-refractivity contribution in [1.82, 2.24) is 9.97 Å². The lowest BCUT2D eigenvalue weighted by molar-refractivity contribution is -0.387. The largest absolute Gasteiger partial charge is 0.352 e. The van der Waals surface area contributed by atoms with Gasteiger partial charge in [0.05, 0.1) is 10.6 Å². The maximum atomic E-state index is 13.6. The molecule has 2 aromatic carbocycles. The van der Waals surface area contributed by atoms with Crippen LogP contribution in [0.1, 0.15) is 20.3 Å². The van der Waals surface area contributed by atoms with E-state index in [2.05, 4.69) is 27.5 Å². The molecule has 0 saturated carbocycles. The topological polar surface area (TPSA) is 93.0 Å². The summed E-state index contributed by atoms with van der Waals surface area (Å²) in [4.78, 5) is 19.2. The highest BCUT2D eigenvalue weighted by Crippen LogP contribution is 2.27. The molecule has 8 heteroatoms. The zero-order valence-corrected chi connectivity index (χ0v) is 15.5. The first kappa shape index (κ1) is 19.2. The highest BCUT2D eigenvalue weighted by atomic mass is 19.1. The van der Waals surface area contributed by atoms with E-state index in [-0.39, 0.29) is 6.04 Å². The molecule has 0 amide bonds. The summed E-state index contributed by atoms with van der Waals surface area (Å²) in [5.41, 5.74) is 1.37. The Labute approximate surface area is 161 Å². The minimum Gasteiger partial charge on any atom is -0.352 e. The predicted octanol–water partition coefficient (Wildman–Crippen LogP) is 5.14. The minimum atomic E-state index is -0.887. The van der Waals surface area contributed by atoms with Crippen LogP contribution in [0.3, 0.4) is 0 Å². The number of nitro benzene ring substituents is 1. The van der Waals surface area contributed by atoms with Gasteiger partial charge in [-0.05, 0) is 25.5 Å². The Balaban J connectivity index is 1.98. The van der Waals surface area contributed by atoms with Crippen LogP contribution in [0, 0.1) is 15.9 Å². The number of nitrogens with zero attached hydrogens (tertiary/aromatic N) is 3. The first-order valence-electron chi connectivity index (χ1n) is 8.88. The molecular formula is C20H20FN5O2. The average molecular weight is 381 g/mol. The Bertz CT molecular complexity index is 982. The monoisotopic (exact) mass is 381 g/mol. The summed E-state index contributed by atoms with van der Waals surface area (Å²) in [5, 5.41) is 17.2. The summed E-state index contributed by atoms with van der Waals surface area (Å²) in [7, 11) is 0. The molecule has 0 bridgehead atoms. The van der Waals surface area contributed by atoms with Crippen molar-refractivity contribution in [3.63, 3.8) is 0 Å². The number of benzene rings is 2. The fourth-order valence-corrected chi connectivity index (χ4v) is 2.53. The van der Waals surface area contributed by atoms with E-state index in [9.17, 15) is 14.5 Å². The van der Waals surface area contributed by atoms with Crippen molar-refractivity contribution in [3.8, 4) is 11.3 Å². The van der Waals surface area contributed by atoms with Gasteiger partial charge in [0, 0.05) is 29.4 Å². The predicted molar refractivity (Wildman–Crippen MR) is 107 cm³/mol. The lowest BCUT2D eigenvalue weighted by Crippen LogP contribution is -2.16. The van der Waals surface area contributed by atoms with E-state index < -0.39 is 16.4 Å². The molecule has 7 nitrogen and oxygen atoms in total. The van der Waals surface area contributed by atoms with Gasteiger partial charge in [-0.2, -0.15) is 9.37 Å². The van der Waals surface area contributed by atoms with Gasteiger partial charge in [-0.3, -0.25) is 10.1 Å². The van der Waals surface area contributed by atoms with E-state index >= 15 is 0 Å². The molecule has 0 saturated heterocycles. The summed E-state index contributed by atoms with van der Waals surface area (Å²) < 4.78 is 13.6. The van der Waals surface area contributed by atoms with Gasteiger partial charge in [-0.15, -0.1) is 0 Å². The lowest BCUT2D eigenvalue weighted by Gasteiger charge is -2.14. The van der Waals surface area contributed by atoms with E-state index in [1.165, 1.54) is 6.07 Å². The van der Waals surface area contributed by atoms with Crippen molar-refractivity contribution in [2.24, 2.45) is 0 Å². The van der Waals surface area contributed by atoms with Crippen molar-refractivity contribution in [2.75, 3.05) is 10.6 Å². The molecule has 0 aliphatic carbocycles. The molecule has 144 valence electrons. The van der Waals surface area contributed by atoms with Crippen LogP contribution in [0.15, 0.2) is 54.6 Å². The number of anilines is 3. The third kappa shape index (κ3) is 4.59. The molecular weight excluding hydrogens is 361 g/mol. The average Bonchev–Trinajstić information content (AvgIpc) is 2.69. The standard InChI is InChI=1S/C20H20FN5O2/c1-3-13(2)22-20-24-17(14-7-5-4-6-8-14)12-19(25-20)23-15-9-10-16(21)18(11-15)26(27)28/h4-13H,3H2,1-2H3,(H2,22,23,24,25)/t13-/m0/s1. The maximum absolute atomic E-state index is 13.6. The van der Waals surface area contributed by atoms with Gasteiger partial charge in [0.25, 0.3) is 0 Å². The summed E-state index contributed by atoms with van der Waals surface area (Å²) in [6.45, 7) is 4.07. The van der Waals surface area contributed by atoms with E-state index in [0.29, 0.717) is 23.1 Å². The van der Waals surface area contributed by atoms with E-state index in [1.54, 1.807) is 6.07 Å². The van der Waals surface area contributed by atoms with Crippen molar-refractivity contribution >= 4 is 23.1 Å². The first-order valence-corrected chi connectivity index (χ1v) is 8.88. The highest BCUT2D eigenvalue weighted by molar-refractivity contribution is 5.68. The smallest absolute Gasteiger partial charge is 0.306 e. The molecule has 0 fully saturated rings. The molecule has 0 aliphatic heterocycles. The van der Waals surface area contributed by atoms with Gasteiger partial charge in [0.15, 0.2) is 0 Å². The normalized spacial score (nSPS) is 11.7. The Morgan fingerprint density at radius 3 is 2.57 bits per heavy atom. The second-order valence-corrected chi connectivity index (χ2v) is 6.33. The zero-order valence-electron chi connectivity index (χ0n) is 15.5. The molecule has 0 radical (unpaired) electrons. The minimum absolute atomic E-state index is 0.172. The van der Waals surface area contributed by atoms with Crippen molar-refractivity contribution < 1.29 is 9.31 Å². The van der Waals surface area contributed by atoms with Crippen LogP contribution >= 0.6 is 0 Å². The van der Waals surface area contributed by atoms with Crippen LogP contribution in [0.4, 0.5) is 27.5 Å². The highest BCUT2D eigenvalue weighted by Gasteiger charge is 2.15. The van der Waals surface area contributed by atoms with Crippen LogP contribution in [-0.2, 0) is 0 Å². The van der Waals surface area contributed by atoms with Crippen LogP contribution in [-0.4, -0.2) is 20.9 Å². The molecule has 0 spiro atoms. The van der Waals surface area contributed by atoms with Crippen molar-refractivity contribution in [3.05, 3.63) is 70.5 Å². The number of nitro groups is 1. The molecule has 28 heavy (non-hydrogen) atoms. The molecule has 3 rings (SSSR count). The fraction of sp³-hybridized carbons (Fsp3) is 0.200. The Morgan fingerprint density at radius 1 is 1.14 bits per heavy atom. The number of hydrogen-bond donors (Lipinski definition) is 2. The second-order valence-electron chi connectivity index (χ2n) is 6.33. The Kier molecular flexibility index (Phi) is 5.78. The first-order chi connectivity index (χ1) is 13.5. The third-order valence-electron chi connectivity index (χ3n) is 4.20. The second kappa shape index (κ2) is 8.43. The van der Waals surface area contributed by atoms with Crippen LogP contribution < -0.4 is 10.6 Å². The number of rotatable bonds is 7. The third-order valence-corrected chi connectivity index (χ3v) is 4.20. The number of aromatic nitrogens is 2. The number of hydrogen-bond acceptors (Lipinski definition) is 6. The molecule has 1 aromatic heterocycles. The van der Waals surface area contributed by atoms with Gasteiger partial charge in [0.1, 0.15) is 5.82 Å². The maximum Gasteiger partial charge on any atom is 0.306 e. The summed E-state index contributed by atoms with van der Waals surface area (Å²) >= 11 is 0. The molecule has 1 atom stereocenters. The molecule has 3 aromatic rings. The summed E-state index contributed by atoms with van der Waals surface area (Å²) in [6, 6.07) is 15.1. The zero-order chi connectivity index (χ0) is 20.1. The molecule has 0 aliphatic rings. The van der Waals surface area contributed by atoms with Gasteiger partial charge in [-0.25, -0.2) is 4.98 Å².